The van der Waals surface area contributed by atoms with Crippen LogP contribution in [-0.2, 0) is 9.53 Å². The van der Waals surface area contributed by atoms with Crippen LogP contribution in [0, 0.1) is 5.92 Å². The third-order valence-corrected chi connectivity index (χ3v) is 4.51. The van der Waals surface area contributed by atoms with Gasteiger partial charge in [-0.25, -0.2) is 0 Å². The Morgan fingerprint density at radius 2 is 2.21 bits per heavy atom. The molecule has 2 heterocycles. The highest BCUT2D eigenvalue weighted by atomic mass is 16.5. The smallest absolute Gasteiger partial charge is 0.253 e. The molecule has 0 aromatic rings. The number of amides is 1. The van der Waals surface area contributed by atoms with Crippen molar-refractivity contribution in [1.82, 2.24) is 9.80 Å². The number of likely N-dealkylation sites (N-methyl/N-ethyl adjacent to an activating group) is 1. The third-order valence-electron chi connectivity index (χ3n) is 4.51. The lowest BCUT2D eigenvalue weighted by molar-refractivity contribution is -0.154. The Kier molecular flexibility index (Phi) is 5.19. The van der Waals surface area contributed by atoms with Crippen LogP contribution in [-0.4, -0.2) is 67.2 Å². The van der Waals surface area contributed by atoms with Crippen molar-refractivity contribution >= 4 is 5.91 Å². The summed E-state index contributed by atoms with van der Waals surface area (Å²) in [5.74, 6) is 0.633. The van der Waals surface area contributed by atoms with Gasteiger partial charge in [-0.05, 0) is 25.3 Å². The van der Waals surface area contributed by atoms with Crippen molar-refractivity contribution in [2.24, 2.45) is 11.7 Å². The van der Waals surface area contributed by atoms with Crippen LogP contribution in [0.4, 0.5) is 0 Å². The minimum Gasteiger partial charge on any atom is -0.366 e. The molecular formula is C14H27N3O2. The van der Waals surface area contributed by atoms with Crippen molar-refractivity contribution in [2.45, 2.75) is 38.8 Å². The van der Waals surface area contributed by atoms with E-state index < -0.39 is 0 Å². The lowest BCUT2D eigenvalue weighted by Gasteiger charge is -2.42. The summed E-state index contributed by atoms with van der Waals surface area (Å²) in [6.07, 6.45) is 1.94. The van der Waals surface area contributed by atoms with E-state index in [1.165, 1.54) is 0 Å². The van der Waals surface area contributed by atoms with Crippen molar-refractivity contribution in [3.63, 3.8) is 0 Å². The first-order valence-electron chi connectivity index (χ1n) is 7.51. The van der Waals surface area contributed by atoms with Gasteiger partial charge in [-0.2, -0.15) is 0 Å². The molecule has 2 aliphatic rings. The second-order valence-corrected chi connectivity index (χ2v) is 5.71. The van der Waals surface area contributed by atoms with Crippen molar-refractivity contribution in [2.75, 3.05) is 39.3 Å². The maximum absolute atomic E-state index is 12.6. The lowest BCUT2D eigenvalue weighted by Crippen LogP contribution is -2.57. The molecule has 0 unspecified atom stereocenters. The molecule has 5 nitrogen and oxygen atoms in total. The Balaban J connectivity index is 2.01. The number of hydrogen-bond acceptors (Lipinski definition) is 4. The predicted octanol–water partition coefficient (Wildman–Crippen LogP) is 0.293. The maximum Gasteiger partial charge on any atom is 0.253 e. The second-order valence-electron chi connectivity index (χ2n) is 5.71. The number of nitrogens with zero attached hydrogens (tertiary/aromatic N) is 2. The number of carbonyl (C=O) groups excluding carboxylic acids is 1. The van der Waals surface area contributed by atoms with Crippen molar-refractivity contribution in [3.05, 3.63) is 0 Å². The van der Waals surface area contributed by atoms with Gasteiger partial charge >= 0.3 is 0 Å². The molecule has 2 saturated heterocycles. The molecular weight excluding hydrogens is 242 g/mol. The van der Waals surface area contributed by atoms with Gasteiger partial charge in [0, 0.05) is 32.2 Å². The summed E-state index contributed by atoms with van der Waals surface area (Å²) in [5, 5.41) is 0. The van der Waals surface area contributed by atoms with Gasteiger partial charge in [0.2, 0.25) is 0 Å². The van der Waals surface area contributed by atoms with E-state index in [2.05, 4.69) is 18.7 Å². The number of likely N-dealkylation sites (tertiary alicyclic amines) is 1. The van der Waals surface area contributed by atoms with Crippen LogP contribution in [0.3, 0.4) is 0 Å². The average Bonchev–Trinajstić information content (AvgIpc) is 2.46. The highest BCUT2D eigenvalue weighted by Crippen LogP contribution is 2.24. The van der Waals surface area contributed by atoms with Crippen molar-refractivity contribution < 1.29 is 9.53 Å². The van der Waals surface area contributed by atoms with E-state index in [9.17, 15) is 4.79 Å². The first kappa shape index (κ1) is 14.8. The van der Waals surface area contributed by atoms with E-state index in [4.69, 9.17) is 10.5 Å². The summed E-state index contributed by atoms with van der Waals surface area (Å²) in [5.41, 5.74) is 5.86. The van der Waals surface area contributed by atoms with Crippen LogP contribution in [0.2, 0.25) is 0 Å². The molecule has 0 spiro atoms. The fourth-order valence-corrected chi connectivity index (χ4v) is 3.21. The Morgan fingerprint density at radius 1 is 1.42 bits per heavy atom. The zero-order chi connectivity index (χ0) is 13.8. The first-order chi connectivity index (χ1) is 9.17. The number of hydrogen-bond donors (Lipinski definition) is 1. The Bertz CT molecular complexity index is 311. The Labute approximate surface area is 116 Å². The van der Waals surface area contributed by atoms with Gasteiger partial charge in [0.15, 0.2) is 0 Å². The Morgan fingerprint density at radius 3 is 2.89 bits per heavy atom. The summed E-state index contributed by atoms with van der Waals surface area (Å²) in [6, 6.07) is 0.182. The molecule has 0 aromatic heterocycles. The van der Waals surface area contributed by atoms with Crippen LogP contribution in [0.15, 0.2) is 0 Å². The zero-order valence-corrected chi connectivity index (χ0v) is 12.2. The first-order valence-corrected chi connectivity index (χ1v) is 7.51. The topological polar surface area (TPSA) is 58.8 Å². The molecule has 110 valence electrons. The molecule has 0 saturated carbocycles. The van der Waals surface area contributed by atoms with Crippen LogP contribution in [0.5, 0.6) is 0 Å². The average molecular weight is 269 g/mol. The molecule has 0 radical (unpaired) electrons. The number of morpholine rings is 1. The van der Waals surface area contributed by atoms with Gasteiger partial charge in [0.1, 0.15) is 6.10 Å². The molecule has 2 rings (SSSR count). The largest absolute Gasteiger partial charge is 0.366 e. The molecule has 2 fully saturated rings. The number of piperidine rings is 1. The van der Waals surface area contributed by atoms with Crippen molar-refractivity contribution in [3.8, 4) is 0 Å². The predicted molar refractivity (Wildman–Crippen MR) is 74.8 cm³/mol. The molecule has 0 aromatic carbocycles. The van der Waals surface area contributed by atoms with E-state index in [1.54, 1.807) is 0 Å². The lowest BCUT2D eigenvalue weighted by atomic mass is 9.90. The third kappa shape index (κ3) is 3.27. The highest BCUT2D eigenvalue weighted by molar-refractivity contribution is 5.81. The number of nitrogens with two attached hydrogens (primary N) is 1. The number of carbonyl (C=O) groups is 1. The van der Waals surface area contributed by atoms with Gasteiger partial charge in [-0.15, -0.1) is 0 Å². The molecule has 3 atom stereocenters. The van der Waals surface area contributed by atoms with Crippen LogP contribution >= 0.6 is 0 Å². The van der Waals surface area contributed by atoms with E-state index >= 15 is 0 Å². The minimum atomic E-state index is -0.298. The van der Waals surface area contributed by atoms with Crippen molar-refractivity contribution in [1.29, 1.82) is 0 Å². The number of rotatable bonds is 3. The molecule has 0 aliphatic carbocycles. The summed E-state index contributed by atoms with van der Waals surface area (Å²) < 4.78 is 5.68. The van der Waals surface area contributed by atoms with E-state index in [0.29, 0.717) is 19.1 Å². The van der Waals surface area contributed by atoms with Gasteiger partial charge in [-0.1, -0.05) is 13.8 Å². The fourth-order valence-electron chi connectivity index (χ4n) is 3.21. The fraction of sp³-hybridized carbons (Fsp3) is 0.929. The van der Waals surface area contributed by atoms with Crippen LogP contribution in [0.25, 0.3) is 0 Å². The molecule has 2 N–H and O–H groups in total. The second kappa shape index (κ2) is 6.68. The zero-order valence-electron chi connectivity index (χ0n) is 12.2. The summed E-state index contributed by atoms with van der Waals surface area (Å²) >= 11 is 0. The molecule has 0 bridgehead atoms. The summed E-state index contributed by atoms with van der Waals surface area (Å²) in [6.45, 7) is 8.98. The monoisotopic (exact) mass is 269 g/mol. The SMILES string of the molecule is CCN1CCO[C@H](C(=O)N2CCC[C@@H](C)[C@@H]2CN)C1. The van der Waals surface area contributed by atoms with Crippen LogP contribution < -0.4 is 5.73 Å². The summed E-state index contributed by atoms with van der Waals surface area (Å²) in [4.78, 5) is 16.9. The minimum absolute atomic E-state index is 0.139. The van der Waals surface area contributed by atoms with Gasteiger partial charge < -0.3 is 15.4 Å². The van der Waals surface area contributed by atoms with E-state index in [1.807, 2.05) is 4.90 Å². The highest BCUT2D eigenvalue weighted by Gasteiger charge is 2.36. The van der Waals surface area contributed by atoms with Gasteiger partial charge in [0.25, 0.3) is 5.91 Å². The molecule has 19 heavy (non-hydrogen) atoms. The summed E-state index contributed by atoms with van der Waals surface area (Å²) in [7, 11) is 0. The van der Waals surface area contributed by atoms with Gasteiger partial charge in [0.05, 0.1) is 6.61 Å². The van der Waals surface area contributed by atoms with Crippen LogP contribution in [0.1, 0.15) is 26.7 Å². The Hall–Kier alpha value is -0.650. The number of ether oxygens (including phenoxy) is 1. The standard InChI is InChI=1S/C14H27N3O2/c1-3-16-7-8-19-13(10-16)14(18)17-6-4-5-11(2)12(17)9-15/h11-13H,3-10,15H2,1-2H3/t11-,12+,13+/m1/s1. The molecule has 2 aliphatic heterocycles. The molecule has 1 amide bonds. The van der Waals surface area contributed by atoms with E-state index in [-0.39, 0.29) is 18.1 Å². The normalized spacial score (nSPS) is 33.4. The van der Waals surface area contributed by atoms with E-state index in [0.717, 1.165) is 39.0 Å². The quantitative estimate of drug-likeness (QED) is 0.800. The maximum atomic E-state index is 12.6. The molecule has 5 heteroatoms. The van der Waals surface area contributed by atoms with Gasteiger partial charge in [-0.3, -0.25) is 9.69 Å².